The molecule has 6 nitrogen and oxygen atoms in total. The molecule has 0 spiro atoms. The number of hydrogen-bond donors (Lipinski definition) is 0. The molecular weight excluding hydrogens is 299 g/mol. The van der Waals surface area contributed by atoms with Crippen LogP contribution in [0.25, 0.3) is 0 Å². The largest absolute Gasteiger partial charge is 0.369 e. The van der Waals surface area contributed by atoms with Crippen LogP contribution < -0.4 is 9.80 Å². The predicted octanol–water partition coefficient (Wildman–Crippen LogP) is 2.48. The van der Waals surface area contributed by atoms with Gasteiger partial charge in [-0.3, -0.25) is 10.1 Å². The Labute approximate surface area is 135 Å². The van der Waals surface area contributed by atoms with Gasteiger partial charge in [-0.05, 0) is 32.4 Å². The third-order valence-electron chi connectivity index (χ3n) is 4.78. The third-order valence-corrected chi connectivity index (χ3v) is 4.78. The maximum absolute atomic E-state index is 14.4. The zero-order valence-electron chi connectivity index (χ0n) is 13.5. The van der Waals surface area contributed by atoms with Gasteiger partial charge in [0.05, 0.1) is 16.7 Å². The van der Waals surface area contributed by atoms with Crippen molar-refractivity contribution in [3.8, 4) is 0 Å². The molecule has 2 saturated heterocycles. The van der Waals surface area contributed by atoms with Gasteiger partial charge in [-0.2, -0.15) is 0 Å². The monoisotopic (exact) mass is 322 g/mol. The second kappa shape index (κ2) is 6.70. The van der Waals surface area contributed by atoms with E-state index in [2.05, 4.69) is 4.90 Å². The Bertz CT molecular complexity index is 582. The molecule has 7 heteroatoms. The van der Waals surface area contributed by atoms with Crippen molar-refractivity contribution in [3.63, 3.8) is 0 Å². The molecule has 0 aromatic heterocycles. The summed E-state index contributed by atoms with van der Waals surface area (Å²) in [6.45, 7) is 4.79. The first-order valence-corrected chi connectivity index (χ1v) is 8.22. The highest BCUT2D eigenvalue weighted by molar-refractivity contribution is 5.71. The number of piperidine rings is 1. The van der Waals surface area contributed by atoms with Crippen LogP contribution in [0.1, 0.15) is 19.3 Å². The molecule has 23 heavy (non-hydrogen) atoms. The van der Waals surface area contributed by atoms with Crippen LogP contribution in [0.2, 0.25) is 0 Å². The topological polar surface area (TPSA) is 52.9 Å². The van der Waals surface area contributed by atoms with E-state index in [0.29, 0.717) is 11.4 Å². The summed E-state index contributed by atoms with van der Waals surface area (Å²) in [5.74, 6) is -0.489. The molecule has 2 heterocycles. The number of likely N-dealkylation sites (N-methyl/N-ethyl adjacent to an activating group) is 1. The summed E-state index contributed by atoms with van der Waals surface area (Å²) in [6.07, 6.45) is 3.25. The Morgan fingerprint density at radius 3 is 2.17 bits per heavy atom. The lowest BCUT2D eigenvalue weighted by atomic mass is 10.1. The highest BCUT2D eigenvalue weighted by atomic mass is 19.1. The molecule has 3 rings (SSSR count). The molecule has 0 bridgehead atoms. The van der Waals surface area contributed by atoms with Crippen LogP contribution in [-0.4, -0.2) is 56.1 Å². The zero-order valence-corrected chi connectivity index (χ0v) is 13.5. The van der Waals surface area contributed by atoms with E-state index in [9.17, 15) is 14.5 Å². The second-order valence-electron chi connectivity index (χ2n) is 6.39. The van der Waals surface area contributed by atoms with Gasteiger partial charge in [0.25, 0.3) is 5.69 Å². The van der Waals surface area contributed by atoms with Crippen LogP contribution in [0.15, 0.2) is 12.1 Å². The van der Waals surface area contributed by atoms with E-state index in [0.717, 1.165) is 64.6 Å². The van der Waals surface area contributed by atoms with Gasteiger partial charge in [-0.1, -0.05) is 0 Å². The van der Waals surface area contributed by atoms with Crippen molar-refractivity contribution in [2.75, 3.05) is 56.1 Å². The molecule has 2 aliphatic rings. The van der Waals surface area contributed by atoms with Crippen molar-refractivity contribution < 1.29 is 9.31 Å². The summed E-state index contributed by atoms with van der Waals surface area (Å²) < 4.78 is 14.4. The minimum Gasteiger partial charge on any atom is -0.369 e. The summed E-state index contributed by atoms with van der Waals surface area (Å²) in [6, 6.07) is 2.78. The lowest BCUT2D eigenvalue weighted by molar-refractivity contribution is -0.384. The van der Waals surface area contributed by atoms with E-state index in [1.807, 2.05) is 16.8 Å². The van der Waals surface area contributed by atoms with Crippen molar-refractivity contribution in [1.82, 2.24) is 4.90 Å². The highest BCUT2D eigenvalue weighted by Crippen LogP contribution is 2.36. The minimum atomic E-state index is -0.489. The molecule has 0 saturated carbocycles. The van der Waals surface area contributed by atoms with E-state index >= 15 is 0 Å². The van der Waals surface area contributed by atoms with Gasteiger partial charge < -0.3 is 14.7 Å². The number of benzene rings is 1. The first-order valence-electron chi connectivity index (χ1n) is 8.22. The number of rotatable bonds is 3. The smallest absolute Gasteiger partial charge is 0.295 e. The zero-order chi connectivity index (χ0) is 16.4. The number of halogens is 1. The van der Waals surface area contributed by atoms with Crippen LogP contribution in [0.3, 0.4) is 0 Å². The minimum absolute atomic E-state index is 0.132. The standard InChI is InChI=1S/C16H23FN4O2/c1-18-7-9-20(10-8-18)15-12-14(19-5-3-2-4-6-19)13(17)11-16(15)21(22)23/h11-12H,2-10H2,1H3. The fourth-order valence-electron chi connectivity index (χ4n) is 3.36. The summed E-state index contributed by atoms with van der Waals surface area (Å²) >= 11 is 0. The van der Waals surface area contributed by atoms with Gasteiger partial charge >= 0.3 is 0 Å². The van der Waals surface area contributed by atoms with Crippen molar-refractivity contribution in [2.24, 2.45) is 0 Å². The molecule has 0 N–H and O–H groups in total. The van der Waals surface area contributed by atoms with Crippen LogP contribution in [-0.2, 0) is 0 Å². The van der Waals surface area contributed by atoms with E-state index in [4.69, 9.17) is 0 Å². The quantitative estimate of drug-likeness (QED) is 0.632. The number of nitro benzene ring substituents is 1. The molecule has 2 aliphatic heterocycles. The SMILES string of the molecule is CN1CCN(c2cc(N3CCCCC3)c(F)cc2[N+](=O)[O-])CC1. The third kappa shape index (κ3) is 3.39. The first-order chi connectivity index (χ1) is 11.1. The Morgan fingerprint density at radius 2 is 1.57 bits per heavy atom. The number of piperazine rings is 1. The first kappa shape index (κ1) is 16.0. The van der Waals surface area contributed by atoms with Crippen molar-refractivity contribution in [1.29, 1.82) is 0 Å². The van der Waals surface area contributed by atoms with E-state index in [-0.39, 0.29) is 5.69 Å². The van der Waals surface area contributed by atoms with Gasteiger partial charge in [0, 0.05) is 39.3 Å². The summed E-state index contributed by atoms with van der Waals surface area (Å²) in [7, 11) is 2.04. The average Bonchev–Trinajstić information content (AvgIpc) is 2.56. The van der Waals surface area contributed by atoms with Crippen molar-refractivity contribution in [3.05, 3.63) is 28.1 Å². The van der Waals surface area contributed by atoms with Crippen LogP contribution >= 0.6 is 0 Å². The number of nitrogens with zero attached hydrogens (tertiary/aromatic N) is 4. The lowest BCUT2D eigenvalue weighted by Crippen LogP contribution is -2.44. The van der Waals surface area contributed by atoms with Crippen molar-refractivity contribution >= 4 is 17.1 Å². The van der Waals surface area contributed by atoms with E-state index in [1.165, 1.54) is 0 Å². The molecule has 0 unspecified atom stereocenters. The molecule has 0 aliphatic carbocycles. The van der Waals surface area contributed by atoms with Gasteiger partial charge in [0.15, 0.2) is 5.82 Å². The Balaban J connectivity index is 1.96. The fourth-order valence-corrected chi connectivity index (χ4v) is 3.36. The van der Waals surface area contributed by atoms with Crippen molar-refractivity contribution in [2.45, 2.75) is 19.3 Å². The number of hydrogen-bond acceptors (Lipinski definition) is 5. The average molecular weight is 322 g/mol. The van der Waals surface area contributed by atoms with E-state index in [1.54, 1.807) is 6.07 Å². The number of nitro groups is 1. The van der Waals surface area contributed by atoms with E-state index < -0.39 is 10.7 Å². The van der Waals surface area contributed by atoms with Gasteiger partial charge in [0.1, 0.15) is 5.69 Å². The molecule has 126 valence electrons. The summed E-state index contributed by atoms with van der Waals surface area (Å²) in [5.41, 5.74) is 0.919. The summed E-state index contributed by atoms with van der Waals surface area (Å²) in [4.78, 5) is 17.1. The van der Waals surface area contributed by atoms with Gasteiger partial charge in [0.2, 0.25) is 0 Å². The van der Waals surface area contributed by atoms with Crippen LogP contribution in [0.4, 0.5) is 21.5 Å². The number of anilines is 2. The Hall–Kier alpha value is -1.89. The van der Waals surface area contributed by atoms with Gasteiger partial charge in [-0.25, -0.2) is 4.39 Å². The predicted molar refractivity (Wildman–Crippen MR) is 88.8 cm³/mol. The Morgan fingerprint density at radius 1 is 0.957 bits per heavy atom. The highest BCUT2D eigenvalue weighted by Gasteiger charge is 2.27. The normalized spacial score (nSPS) is 19.9. The molecule has 0 amide bonds. The maximum Gasteiger partial charge on any atom is 0.295 e. The molecule has 1 aromatic carbocycles. The Kier molecular flexibility index (Phi) is 4.66. The van der Waals surface area contributed by atoms with Gasteiger partial charge in [-0.15, -0.1) is 0 Å². The maximum atomic E-state index is 14.4. The van der Waals surface area contributed by atoms with Crippen LogP contribution in [0.5, 0.6) is 0 Å². The molecular formula is C16H23FN4O2. The fraction of sp³-hybridized carbons (Fsp3) is 0.625. The van der Waals surface area contributed by atoms with Crippen LogP contribution in [0, 0.1) is 15.9 Å². The molecule has 0 radical (unpaired) electrons. The second-order valence-corrected chi connectivity index (χ2v) is 6.39. The molecule has 0 atom stereocenters. The summed E-state index contributed by atoms with van der Waals surface area (Å²) in [5, 5.41) is 11.4. The molecule has 2 fully saturated rings. The molecule has 1 aromatic rings. The lowest BCUT2D eigenvalue weighted by Gasteiger charge is -2.35.